The van der Waals surface area contributed by atoms with Crippen LogP contribution < -0.4 is 0 Å². The number of hydrogen-bond donors (Lipinski definition) is 0. The highest BCUT2D eigenvalue weighted by Gasteiger charge is 2.11. The van der Waals surface area contributed by atoms with Gasteiger partial charge in [0.1, 0.15) is 6.29 Å². The molecule has 0 saturated heterocycles. The Morgan fingerprint density at radius 3 is 2.00 bits per heavy atom. The molecule has 2 rings (SSSR count). The summed E-state index contributed by atoms with van der Waals surface area (Å²) in [7, 11) is 0. The Labute approximate surface area is 95.7 Å². The van der Waals surface area contributed by atoms with Gasteiger partial charge in [0.15, 0.2) is 0 Å². The van der Waals surface area contributed by atoms with E-state index in [2.05, 4.69) is 0 Å². The fourth-order valence-electron chi connectivity index (χ4n) is 1.78. The lowest BCUT2D eigenvalue weighted by atomic mass is 9.92. The Hall–Kier alpha value is -1.89. The predicted octanol–water partition coefficient (Wildman–Crippen LogP) is 3.33. The van der Waals surface area contributed by atoms with Crippen molar-refractivity contribution in [2.24, 2.45) is 0 Å². The van der Waals surface area contributed by atoms with Crippen molar-refractivity contribution in [1.29, 1.82) is 0 Å². The molecule has 16 heavy (non-hydrogen) atoms. The zero-order valence-electron chi connectivity index (χ0n) is 9.26. The van der Waals surface area contributed by atoms with E-state index in [9.17, 15) is 4.79 Å². The molecule has 1 heteroatoms. The first-order valence-corrected chi connectivity index (χ1v) is 5.38. The molecule has 0 heterocycles. The molecule has 0 amide bonds. The summed E-state index contributed by atoms with van der Waals surface area (Å²) >= 11 is 0. The monoisotopic (exact) mass is 210 g/mol. The number of hydrogen-bond acceptors (Lipinski definition) is 1. The highest BCUT2D eigenvalue weighted by atomic mass is 16.1. The van der Waals surface area contributed by atoms with Crippen LogP contribution in [-0.2, 0) is 4.79 Å². The maximum Gasteiger partial charge on any atom is 0.131 e. The third-order valence-corrected chi connectivity index (χ3v) is 2.73. The van der Waals surface area contributed by atoms with Crippen molar-refractivity contribution in [3.05, 3.63) is 71.3 Å². The van der Waals surface area contributed by atoms with Gasteiger partial charge < -0.3 is 4.79 Å². The van der Waals surface area contributed by atoms with Crippen LogP contribution in [0, 0.1) is 6.92 Å². The minimum absolute atomic E-state index is 0.151. The molecular weight excluding hydrogens is 196 g/mol. The summed E-state index contributed by atoms with van der Waals surface area (Å²) in [4.78, 5) is 11.2. The van der Waals surface area contributed by atoms with E-state index in [4.69, 9.17) is 0 Å². The van der Waals surface area contributed by atoms with Crippen molar-refractivity contribution in [2.45, 2.75) is 12.8 Å². The van der Waals surface area contributed by atoms with E-state index in [-0.39, 0.29) is 5.92 Å². The minimum atomic E-state index is -0.151. The predicted molar refractivity (Wildman–Crippen MR) is 65.5 cm³/mol. The maximum atomic E-state index is 11.2. The summed E-state index contributed by atoms with van der Waals surface area (Å²) in [5, 5.41) is 0. The maximum absolute atomic E-state index is 11.2. The van der Waals surface area contributed by atoms with Crippen molar-refractivity contribution >= 4 is 6.29 Å². The van der Waals surface area contributed by atoms with Crippen molar-refractivity contribution < 1.29 is 4.79 Å². The molecule has 0 radical (unpaired) electrons. The van der Waals surface area contributed by atoms with Gasteiger partial charge in [-0.25, -0.2) is 0 Å². The van der Waals surface area contributed by atoms with Crippen LogP contribution >= 0.6 is 0 Å². The SMILES string of the molecule is Cc1ccc(C(C=O)c2ccccc2)cc1. The molecule has 0 aromatic heterocycles. The Balaban J connectivity index is 2.37. The molecule has 0 bridgehead atoms. The van der Waals surface area contributed by atoms with Gasteiger partial charge in [0.25, 0.3) is 0 Å². The molecule has 2 aromatic carbocycles. The summed E-state index contributed by atoms with van der Waals surface area (Å²) in [6, 6.07) is 17.9. The molecule has 0 N–H and O–H groups in total. The summed E-state index contributed by atoms with van der Waals surface area (Å²) in [6.45, 7) is 2.04. The van der Waals surface area contributed by atoms with Crippen LogP contribution in [0.3, 0.4) is 0 Å². The van der Waals surface area contributed by atoms with Gasteiger partial charge in [0, 0.05) is 0 Å². The first-order chi connectivity index (χ1) is 7.81. The van der Waals surface area contributed by atoms with Gasteiger partial charge in [0.05, 0.1) is 5.92 Å². The average Bonchev–Trinajstić information content (AvgIpc) is 2.34. The largest absolute Gasteiger partial charge is 0.302 e. The van der Waals surface area contributed by atoms with Gasteiger partial charge in [-0.2, -0.15) is 0 Å². The van der Waals surface area contributed by atoms with E-state index >= 15 is 0 Å². The fraction of sp³-hybridized carbons (Fsp3) is 0.133. The van der Waals surface area contributed by atoms with E-state index in [1.54, 1.807) is 0 Å². The van der Waals surface area contributed by atoms with Crippen LogP contribution in [0.4, 0.5) is 0 Å². The first-order valence-electron chi connectivity index (χ1n) is 5.38. The lowest BCUT2D eigenvalue weighted by molar-refractivity contribution is -0.108. The van der Waals surface area contributed by atoms with Crippen molar-refractivity contribution in [2.75, 3.05) is 0 Å². The number of rotatable bonds is 3. The first kappa shape index (κ1) is 10.6. The minimum Gasteiger partial charge on any atom is -0.302 e. The van der Waals surface area contributed by atoms with Crippen LogP contribution in [-0.4, -0.2) is 6.29 Å². The van der Waals surface area contributed by atoms with Gasteiger partial charge >= 0.3 is 0 Å². The van der Waals surface area contributed by atoms with Gasteiger partial charge in [-0.15, -0.1) is 0 Å². The number of carbonyl (C=O) groups excluding carboxylic acids is 1. The van der Waals surface area contributed by atoms with E-state index in [1.807, 2.05) is 61.5 Å². The molecule has 1 atom stereocenters. The van der Waals surface area contributed by atoms with Crippen LogP contribution in [0.5, 0.6) is 0 Å². The summed E-state index contributed by atoms with van der Waals surface area (Å²) < 4.78 is 0. The highest BCUT2D eigenvalue weighted by Crippen LogP contribution is 2.22. The molecule has 0 aliphatic heterocycles. The molecule has 1 nitrogen and oxygen atoms in total. The normalized spacial score (nSPS) is 12.1. The Bertz CT molecular complexity index is 457. The van der Waals surface area contributed by atoms with E-state index in [0.717, 1.165) is 17.4 Å². The summed E-state index contributed by atoms with van der Waals surface area (Å²) in [6.07, 6.45) is 1.00. The van der Waals surface area contributed by atoms with Crippen molar-refractivity contribution in [3.8, 4) is 0 Å². The molecule has 0 spiro atoms. The Morgan fingerprint density at radius 1 is 0.875 bits per heavy atom. The standard InChI is InChI=1S/C15H14O/c1-12-7-9-14(10-8-12)15(11-16)13-5-3-2-4-6-13/h2-11,15H,1H3. The second-order valence-corrected chi connectivity index (χ2v) is 3.94. The van der Waals surface area contributed by atoms with Gasteiger partial charge in [-0.3, -0.25) is 0 Å². The quantitative estimate of drug-likeness (QED) is 0.710. The van der Waals surface area contributed by atoms with Crippen LogP contribution in [0.1, 0.15) is 22.6 Å². The molecule has 0 saturated carbocycles. The number of aldehydes is 1. The average molecular weight is 210 g/mol. The van der Waals surface area contributed by atoms with Crippen molar-refractivity contribution in [1.82, 2.24) is 0 Å². The second kappa shape index (κ2) is 4.75. The third kappa shape index (κ3) is 2.19. The second-order valence-electron chi connectivity index (χ2n) is 3.94. The Morgan fingerprint density at radius 2 is 1.44 bits per heavy atom. The topological polar surface area (TPSA) is 17.1 Å². The van der Waals surface area contributed by atoms with E-state index in [0.29, 0.717) is 0 Å². The number of benzene rings is 2. The third-order valence-electron chi connectivity index (χ3n) is 2.73. The zero-order chi connectivity index (χ0) is 11.4. The van der Waals surface area contributed by atoms with Gasteiger partial charge in [0.2, 0.25) is 0 Å². The van der Waals surface area contributed by atoms with E-state index in [1.165, 1.54) is 5.56 Å². The van der Waals surface area contributed by atoms with Gasteiger partial charge in [-0.05, 0) is 18.1 Å². The fourth-order valence-corrected chi connectivity index (χ4v) is 1.78. The van der Waals surface area contributed by atoms with Crippen molar-refractivity contribution in [3.63, 3.8) is 0 Å². The molecule has 0 aliphatic carbocycles. The lowest BCUT2D eigenvalue weighted by Gasteiger charge is -2.11. The molecule has 80 valence electrons. The van der Waals surface area contributed by atoms with Crippen LogP contribution in [0.15, 0.2) is 54.6 Å². The summed E-state index contributed by atoms with van der Waals surface area (Å²) in [5.41, 5.74) is 3.30. The van der Waals surface area contributed by atoms with Crippen LogP contribution in [0.2, 0.25) is 0 Å². The Kier molecular flexibility index (Phi) is 3.16. The molecule has 2 aromatic rings. The smallest absolute Gasteiger partial charge is 0.131 e. The summed E-state index contributed by atoms with van der Waals surface area (Å²) in [5.74, 6) is -0.151. The van der Waals surface area contributed by atoms with E-state index < -0.39 is 0 Å². The van der Waals surface area contributed by atoms with Crippen LogP contribution in [0.25, 0.3) is 0 Å². The lowest BCUT2D eigenvalue weighted by Crippen LogP contribution is -2.01. The molecule has 0 fully saturated rings. The number of aryl methyl sites for hydroxylation is 1. The zero-order valence-corrected chi connectivity index (χ0v) is 9.26. The van der Waals surface area contributed by atoms with Gasteiger partial charge in [-0.1, -0.05) is 60.2 Å². The molecule has 0 aliphatic rings. The molecule has 1 unspecified atom stereocenters. The highest BCUT2D eigenvalue weighted by molar-refractivity contribution is 5.68. The molecular formula is C15H14O. The number of carbonyl (C=O) groups is 1.